The van der Waals surface area contributed by atoms with Gasteiger partial charge in [-0.2, -0.15) is 0 Å². The van der Waals surface area contributed by atoms with Crippen molar-refractivity contribution in [2.45, 2.75) is 38.5 Å². The minimum atomic E-state index is -0.806. The first-order valence-corrected chi connectivity index (χ1v) is 7.27. The number of ketones is 1. The fourth-order valence-corrected chi connectivity index (χ4v) is 2.72. The highest BCUT2D eigenvalue weighted by Gasteiger charge is 2.21. The van der Waals surface area contributed by atoms with Crippen LogP contribution in [0, 0.1) is 11.6 Å². The van der Waals surface area contributed by atoms with Crippen LogP contribution in [0.5, 0.6) is 0 Å². The summed E-state index contributed by atoms with van der Waals surface area (Å²) in [5, 5.41) is 0. The molecule has 0 saturated heterocycles. The third-order valence-electron chi connectivity index (χ3n) is 3.32. The number of carbonyl (C=O) groups excluding carboxylic acids is 1. The van der Waals surface area contributed by atoms with Crippen molar-refractivity contribution in [2.24, 2.45) is 0 Å². The molecular formula is C15H15BrF2O. The van der Waals surface area contributed by atoms with Gasteiger partial charge in [0.25, 0.3) is 0 Å². The van der Waals surface area contributed by atoms with E-state index in [1.165, 1.54) is 0 Å². The van der Waals surface area contributed by atoms with Crippen LogP contribution >= 0.6 is 15.9 Å². The molecule has 1 aliphatic rings. The fraction of sp³-hybridized carbons (Fsp3) is 0.400. The number of benzene rings is 1. The SMILES string of the molecule is O=C(/C1=C/CCCCCC1)c1c(F)cc(Br)cc1F. The molecule has 0 N–H and O–H groups in total. The van der Waals surface area contributed by atoms with E-state index in [9.17, 15) is 13.6 Å². The van der Waals surface area contributed by atoms with Gasteiger partial charge in [0.2, 0.25) is 0 Å². The Kier molecular flexibility index (Phi) is 4.86. The van der Waals surface area contributed by atoms with E-state index in [1.54, 1.807) is 0 Å². The maximum Gasteiger partial charge on any atom is 0.194 e. The largest absolute Gasteiger partial charge is 0.289 e. The highest BCUT2D eigenvalue weighted by molar-refractivity contribution is 9.10. The van der Waals surface area contributed by atoms with Crippen LogP contribution in [0.15, 0.2) is 28.3 Å². The van der Waals surface area contributed by atoms with Gasteiger partial charge < -0.3 is 0 Å². The number of carbonyl (C=O) groups is 1. The van der Waals surface area contributed by atoms with Crippen molar-refractivity contribution >= 4 is 21.7 Å². The van der Waals surface area contributed by atoms with Crippen LogP contribution in [-0.4, -0.2) is 5.78 Å². The summed E-state index contributed by atoms with van der Waals surface area (Å²) in [5.74, 6) is -2.12. The lowest BCUT2D eigenvalue weighted by Crippen LogP contribution is -2.10. The summed E-state index contributed by atoms with van der Waals surface area (Å²) in [5.41, 5.74) is 0.106. The number of halogens is 3. The van der Waals surface area contributed by atoms with Crippen molar-refractivity contribution in [3.63, 3.8) is 0 Å². The Morgan fingerprint density at radius 2 is 1.68 bits per heavy atom. The Hall–Kier alpha value is -1.03. The Morgan fingerprint density at radius 3 is 2.37 bits per heavy atom. The van der Waals surface area contributed by atoms with E-state index in [4.69, 9.17) is 0 Å². The van der Waals surface area contributed by atoms with Crippen LogP contribution in [0.1, 0.15) is 48.9 Å². The first-order valence-electron chi connectivity index (χ1n) is 6.48. The van der Waals surface area contributed by atoms with Crippen LogP contribution in [0.4, 0.5) is 8.78 Å². The van der Waals surface area contributed by atoms with Crippen LogP contribution in [-0.2, 0) is 0 Å². The van der Waals surface area contributed by atoms with Crippen molar-refractivity contribution < 1.29 is 13.6 Å². The normalized spacial score (nSPS) is 19.2. The first kappa shape index (κ1) is 14.4. The topological polar surface area (TPSA) is 17.1 Å². The van der Waals surface area contributed by atoms with E-state index in [0.29, 0.717) is 16.5 Å². The molecule has 0 heterocycles. The molecule has 2 rings (SSSR count). The summed E-state index contributed by atoms with van der Waals surface area (Å²) in [4.78, 5) is 12.3. The molecule has 0 amide bonds. The van der Waals surface area contributed by atoms with E-state index in [1.807, 2.05) is 6.08 Å². The Morgan fingerprint density at radius 1 is 1.05 bits per heavy atom. The highest BCUT2D eigenvalue weighted by atomic mass is 79.9. The average molecular weight is 329 g/mol. The van der Waals surface area contributed by atoms with Gasteiger partial charge >= 0.3 is 0 Å². The standard InChI is InChI=1S/C15H15BrF2O/c16-11-8-12(17)14(13(18)9-11)15(19)10-6-4-2-1-3-5-7-10/h6,8-9H,1-5,7H2/b10-6+. The molecule has 1 aromatic rings. The zero-order valence-electron chi connectivity index (χ0n) is 10.5. The molecule has 0 spiro atoms. The maximum atomic E-state index is 13.8. The van der Waals surface area contributed by atoms with E-state index in [-0.39, 0.29) is 0 Å². The second kappa shape index (κ2) is 6.42. The van der Waals surface area contributed by atoms with E-state index < -0.39 is 23.0 Å². The zero-order chi connectivity index (χ0) is 13.8. The van der Waals surface area contributed by atoms with Gasteiger partial charge in [0.1, 0.15) is 11.6 Å². The van der Waals surface area contributed by atoms with Gasteiger partial charge in [-0.1, -0.05) is 34.8 Å². The third kappa shape index (κ3) is 3.50. The van der Waals surface area contributed by atoms with Gasteiger partial charge in [0.05, 0.1) is 5.56 Å². The molecule has 1 aliphatic carbocycles. The van der Waals surface area contributed by atoms with Gasteiger partial charge in [0.15, 0.2) is 5.78 Å². The van der Waals surface area contributed by atoms with Crippen LogP contribution in [0.3, 0.4) is 0 Å². The van der Waals surface area contributed by atoms with Gasteiger partial charge in [0, 0.05) is 4.47 Å². The van der Waals surface area contributed by atoms with Crippen molar-refractivity contribution in [1.82, 2.24) is 0 Å². The van der Waals surface area contributed by atoms with Crippen molar-refractivity contribution in [3.05, 3.63) is 45.5 Å². The average Bonchev–Trinajstić information content (AvgIpc) is 2.26. The third-order valence-corrected chi connectivity index (χ3v) is 3.77. The molecule has 0 fully saturated rings. The molecule has 1 aromatic carbocycles. The predicted octanol–water partition coefficient (Wildman–Crippen LogP) is 5.19. The molecule has 0 radical (unpaired) electrons. The Balaban J connectivity index is 2.33. The van der Waals surface area contributed by atoms with Crippen molar-refractivity contribution in [3.8, 4) is 0 Å². The number of hydrogen-bond acceptors (Lipinski definition) is 1. The Bertz CT molecular complexity index is 500. The molecule has 0 saturated carbocycles. The summed E-state index contributed by atoms with van der Waals surface area (Å²) < 4.78 is 27.9. The fourth-order valence-electron chi connectivity index (χ4n) is 2.32. The van der Waals surface area contributed by atoms with Crippen LogP contribution in [0.25, 0.3) is 0 Å². The molecule has 0 bridgehead atoms. The smallest absolute Gasteiger partial charge is 0.194 e. The summed E-state index contributed by atoms with van der Waals surface area (Å²) in [6, 6.07) is 2.25. The summed E-state index contributed by atoms with van der Waals surface area (Å²) >= 11 is 3.01. The van der Waals surface area contributed by atoms with Gasteiger partial charge in [-0.15, -0.1) is 0 Å². The zero-order valence-corrected chi connectivity index (χ0v) is 12.1. The molecule has 102 valence electrons. The van der Waals surface area contributed by atoms with Crippen molar-refractivity contribution in [2.75, 3.05) is 0 Å². The molecule has 0 atom stereocenters. The van der Waals surface area contributed by atoms with Crippen LogP contribution < -0.4 is 0 Å². The summed E-state index contributed by atoms with van der Waals surface area (Å²) in [7, 11) is 0. The monoisotopic (exact) mass is 328 g/mol. The number of rotatable bonds is 2. The molecular weight excluding hydrogens is 314 g/mol. The molecule has 1 nitrogen and oxygen atoms in total. The summed E-state index contributed by atoms with van der Waals surface area (Å²) in [6.07, 6.45) is 7.39. The molecule has 0 aliphatic heterocycles. The minimum absolute atomic E-state index is 0.297. The lowest BCUT2D eigenvalue weighted by atomic mass is 9.93. The lowest BCUT2D eigenvalue weighted by molar-refractivity contribution is 0.102. The van der Waals surface area contributed by atoms with E-state index >= 15 is 0 Å². The minimum Gasteiger partial charge on any atom is -0.289 e. The lowest BCUT2D eigenvalue weighted by Gasteiger charge is -2.11. The second-order valence-electron chi connectivity index (χ2n) is 4.76. The number of hydrogen-bond donors (Lipinski definition) is 0. The highest BCUT2D eigenvalue weighted by Crippen LogP contribution is 2.25. The van der Waals surface area contributed by atoms with Gasteiger partial charge in [-0.25, -0.2) is 8.78 Å². The maximum absolute atomic E-state index is 13.8. The van der Waals surface area contributed by atoms with E-state index in [2.05, 4.69) is 15.9 Å². The predicted molar refractivity (Wildman–Crippen MR) is 74.2 cm³/mol. The molecule has 0 unspecified atom stereocenters. The number of Topliss-reactive ketones (excluding diaryl/α,β-unsaturated/α-hetero) is 1. The van der Waals surface area contributed by atoms with E-state index in [0.717, 1.165) is 44.2 Å². The number of allylic oxidation sites excluding steroid dienone is 2. The Labute approximate surface area is 119 Å². The molecule has 0 aromatic heterocycles. The first-order chi connectivity index (χ1) is 9.09. The quantitative estimate of drug-likeness (QED) is 0.683. The van der Waals surface area contributed by atoms with Gasteiger partial charge in [-0.05, 0) is 43.4 Å². The second-order valence-corrected chi connectivity index (χ2v) is 5.67. The van der Waals surface area contributed by atoms with Crippen LogP contribution in [0.2, 0.25) is 0 Å². The van der Waals surface area contributed by atoms with Gasteiger partial charge in [-0.3, -0.25) is 4.79 Å². The molecule has 4 heteroatoms. The molecule has 19 heavy (non-hydrogen) atoms. The van der Waals surface area contributed by atoms with Crippen molar-refractivity contribution in [1.29, 1.82) is 0 Å². The summed E-state index contributed by atoms with van der Waals surface area (Å²) in [6.45, 7) is 0.